The van der Waals surface area contributed by atoms with Crippen LogP contribution in [0.4, 0.5) is 14.6 Å². The number of hydrogen-bond donors (Lipinski definition) is 0. The standard InChI is InChI=1S/C25H27ClF2N6/c1-16-20(27)3-5-22(29-16)33-10-6-17(7-11-33)24-31-30-23-14-32(15-25(28)8-9-25)13-18-12-19(26)2-4-21(18)34(23)24/h2-5,12,17H,6-11,13-15H2,1H3. The fourth-order valence-electron chi connectivity index (χ4n) is 5.24. The summed E-state index contributed by atoms with van der Waals surface area (Å²) in [4.78, 5) is 8.75. The van der Waals surface area contributed by atoms with Gasteiger partial charge in [-0.1, -0.05) is 11.6 Å². The van der Waals surface area contributed by atoms with E-state index < -0.39 is 5.67 Å². The molecule has 1 saturated carbocycles. The van der Waals surface area contributed by atoms with Crippen molar-refractivity contribution >= 4 is 17.4 Å². The Hall–Kier alpha value is -2.58. The van der Waals surface area contributed by atoms with E-state index in [2.05, 4.69) is 29.5 Å². The Balaban J connectivity index is 1.28. The molecule has 0 spiro atoms. The average molecular weight is 485 g/mol. The predicted octanol–water partition coefficient (Wildman–Crippen LogP) is 4.96. The minimum atomic E-state index is -1.07. The Morgan fingerprint density at radius 3 is 2.62 bits per heavy atom. The molecule has 3 aliphatic rings. The molecular formula is C25H27ClF2N6. The van der Waals surface area contributed by atoms with Gasteiger partial charge in [-0.2, -0.15) is 0 Å². The number of alkyl halides is 1. The van der Waals surface area contributed by atoms with Crippen molar-refractivity contribution in [1.82, 2.24) is 24.6 Å². The summed E-state index contributed by atoms with van der Waals surface area (Å²) in [6, 6.07) is 9.13. The molecule has 6 nitrogen and oxygen atoms in total. The first-order chi connectivity index (χ1) is 16.4. The van der Waals surface area contributed by atoms with Gasteiger partial charge in [0.25, 0.3) is 0 Å². The molecule has 0 atom stereocenters. The zero-order chi connectivity index (χ0) is 23.4. The maximum atomic E-state index is 14.6. The molecule has 3 aromatic rings. The third kappa shape index (κ3) is 4.07. The van der Waals surface area contributed by atoms with Crippen molar-refractivity contribution in [2.45, 2.75) is 57.3 Å². The van der Waals surface area contributed by atoms with E-state index in [0.717, 1.165) is 54.6 Å². The van der Waals surface area contributed by atoms with Gasteiger partial charge in [-0.25, -0.2) is 13.8 Å². The molecule has 1 saturated heterocycles. The Morgan fingerprint density at radius 1 is 1.09 bits per heavy atom. The van der Waals surface area contributed by atoms with E-state index in [0.29, 0.717) is 43.2 Å². The Kier molecular flexibility index (Phi) is 5.33. The van der Waals surface area contributed by atoms with Crippen molar-refractivity contribution in [3.63, 3.8) is 0 Å². The lowest BCUT2D eigenvalue weighted by Crippen LogP contribution is -2.34. The molecule has 6 rings (SSSR count). The molecule has 178 valence electrons. The van der Waals surface area contributed by atoms with Crippen molar-refractivity contribution in [3.8, 4) is 5.69 Å². The third-order valence-corrected chi connectivity index (χ3v) is 7.52. The fourth-order valence-corrected chi connectivity index (χ4v) is 5.43. The minimum absolute atomic E-state index is 0.241. The molecular weight excluding hydrogens is 458 g/mol. The molecule has 2 fully saturated rings. The number of benzene rings is 1. The van der Waals surface area contributed by atoms with Crippen molar-refractivity contribution < 1.29 is 8.78 Å². The zero-order valence-corrected chi connectivity index (χ0v) is 19.9. The number of piperidine rings is 1. The van der Waals surface area contributed by atoms with Gasteiger partial charge >= 0.3 is 0 Å². The molecule has 2 aromatic heterocycles. The van der Waals surface area contributed by atoms with Gasteiger partial charge in [-0.15, -0.1) is 10.2 Å². The summed E-state index contributed by atoms with van der Waals surface area (Å²) in [6.07, 6.45) is 3.06. The van der Waals surface area contributed by atoms with Crippen LogP contribution in [-0.2, 0) is 13.1 Å². The molecule has 0 N–H and O–H groups in total. The molecule has 1 aromatic carbocycles. The first kappa shape index (κ1) is 21.9. The van der Waals surface area contributed by atoms with Crippen LogP contribution in [0.15, 0.2) is 30.3 Å². The number of fused-ring (bicyclic) bond motifs is 3. The summed E-state index contributed by atoms with van der Waals surface area (Å²) < 4.78 is 30.4. The minimum Gasteiger partial charge on any atom is -0.357 e. The van der Waals surface area contributed by atoms with Gasteiger partial charge in [-0.3, -0.25) is 9.47 Å². The predicted molar refractivity (Wildman–Crippen MR) is 127 cm³/mol. The smallest absolute Gasteiger partial charge is 0.151 e. The van der Waals surface area contributed by atoms with Crippen LogP contribution in [0.2, 0.25) is 5.02 Å². The van der Waals surface area contributed by atoms with Crippen LogP contribution in [0.5, 0.6) is 0 Å². The van der Waals surface area contributed by atoms with Crippen molar-refractivity contribution in [1.29, 1.82) is 0 Å². The maximum Gasteiger partial charge on any atom is 0.151 e. The van der Waals surface area contributed by atoms with Gasteiger partial charge in [0.1, 0.15) is 23.1 Å². The van der Waals surface area contributed by atoms with Crippen LogP contribution < -0.4 is 4.90 Å². The van der Waals surface area contributed by atoms with Crippen LogP contribution in [0.1, 0.15) is 54.5 Å². The Labute approximate surface area is 202 Å². The van der Waals surface area contributed by atoms with E-state index in [4.69, 9.17) is 11.6 Å². The van der Waals surface area contributed by atoms with Crippen molar-refractivity contribution in [3.05, 3.63) is 64.1 Å². The normalized spacial score (nSPS) is 20.1. The second-order valence-corrected chi connectivity index (χ2v) is 10.3. The van der Waals surface area contributed by atoms with E-state index in [-0.39, 0.29) is 11.7 Å². The van der Waals surface area contributed by atoms with Gasteiger partial charge in [-0.05, 0) is 68.5 Å². The van der Waals surface area contributed by atoms with Crippen molar-refractivity contribution in [2.24, 2.45) is 0 Å². The van der Waals surface area contributed by atoms with Crippen LogP contribution >= 0.6 is 11.6 Å². The lowest BCUT2D eigenvalue weighted by atomic mass is 9.95. The lowest BCUT2D eigenvalue weighted by molar-refractivity contribution is 0.162. The molecule has 2 aliphatic heterocycles. The second kappa shape index (κ2) is 8.27. The number of hydrogen-bond acceptors (Lipinski definition) is 5. The Morgan fingerprint density at radius 2 is 1.88 bits per heavy atom. The first-order valence-corrected chi connectivity index (χ1v) is 12.3. The number of pyridine rings is 1. The molecule has 0 bridgehead atoms. The molecule has 9 heteroatoms. The van der Waals surface area contributed by atoms with Crippen LogP contribution in [-0.4, -0.2) is 50.0 Å². The SMILES string of the molecule is Cc1nc(N2CCC(c3nnc4n3-c3ccc(Cl)cc3CN(CC3(F)CC3)C4)CC2)ccc1F. The number of nitrogens with zero attached hydrogens (tertiary/aromatic N) is 6. The summed E-state index contributed by atoms with van der Waals surface area (Å²) in [5.41, 5.74) is 1.45. The highest BCUT2D eigenvalue weighted by Crippen LogP contribution is 2.42. The largest absolute Gasteiger partial charge is 0.357 e. The van der Waals surface area contributed by atoms with Gasteiger partial charge in [0, 0.05) is 37.1 Å². The Bertz CT molecular complexity index is 1230. The summed E-state index contributed by atoms with van der Waals surface area (Å²) >= 11 is 6.34. The van der Waals surface area contributed by atoms with E-state index in [1.807, 2.05) is 18.2 Å². The van der Waals surface area contributed by atoms with Crippen LogP contribution in [0, 0.1) is 12.7 Å². The summed E-state index contributed by atoms with van der Waals surface area (Å²) in [7, 11) is 0. The van der Waals surface area contributed by atoms with Crippen LogP contribution in [0.25, 0.3) is 5.69 Å². The fraction of sp³-hybridized carbons (Fsp3) is 0.480. The number of anilines is 1. The number of aryl methyl sites for hydroxylation is 1. The van der Waals surface area contributed by atoms with E-state index in [1.54, 1.807) is 13.0 Å². The highest BCUT2D eigenvalue weighted by Gasteiger charge is 2.45. The summed E-state index contributed by atoms with van der Waals surface area (Å²) in [5, 5.41) is 9.87. The summed E-state index contributed by atoms with van der Waals surface area (Å²) in [5.74, 6) is 2.57. The lowest BCUT2D eigenvalue weighted by Gasteiger charge is -2.32. The van der Waals surface area contributed by atoms with Gasteiger partial charge in [0.15, 0.2) is 5.82 Å². The third-order valence-electron chi connectivity index (χ3n) is 7.29. The van der Waals surface area contributed by atoms with E-state index in [9.17, 15) is 8.78 Å². The molecule has 34 heavy (non-hydrogen) atoms. The topological polar surface area (TPSA) is 50.1 Å². The summed E-state index contributed by atoms with van der Waals surface area (Å²) in [6.45, 7) is 4.92. The number of halogens is 3. The number of rotatable bonds is 4. The second-order valence-electron chi connectivity index (χ2n) is 9.88. The molecule has 0 unspecified atom stereocenters. The highest BCUT2D eigenvalue weighted by molar-refractivity contribution is 6.30. The average Bonchev–Trinajstić information content (AvgIpc) is 3.44. The first-order valence-electron chi connectivity index (χ1n) is 11.9. The maximum absolute atomic E-state index is 14.6. The molecule has 1 aliphatic carbocycles. The monoisotopic (exact) mass is 484 g/mol. The van der Waals surface area contributed by atoms with Gasteiger partial charge in [0.05, 0.1) is 17.9 Å². The number of aromatic nitrogens is 4. The molecule has 0 amide bonds. The van der Waals surface area contributed by atoms with E-state index in [1.165, 1.54) is 6.07 Å². The van der Waals surface area contributed by atoms with E-state index >= 15 is 0 Å². The highest BCUT2D eigenvalue weighted by atomic mass is 35.5. The zero-order valence-electron chi connectivity index (χ0n) is 19.1. The van der Waals surface area contributed by atoms with Gasteiger partial charge in [0.2, 0.25) is 0 Å². The van der Waals surface area contributed by atoms with Crippen molar-refractivity contribution in [2.75, 3.05) is 24.5 Å². The van der Waals surface area contributed by atoms with Crippen LogP contribution in [0.3, 0.4) is 0 Å². The molecule has 0 radical (unpaired) electrons. The quantitative estimate of drug-likeness (QED) is 0.523. The van der Waals surface area contributed by atoms with Gasteiger partial charge < -0.3 is 4.90 Å². The molecule has 4 heterocycles.